The first kappa shape index (κ1) is 14.1. The van der Waals surface area contributed by atoms with Gasteiger partial charge in [-0.3, -0.25) is 9.69 Å². The summed E-state index contributed by atoms with van der Waals surface area (Å²) >= 11 is 0. The highest BCUT2D eigenvalue weighted by molar-refractivity contribution is 5.88. The van der Waals surface area contributed by atoms with E-state index >= 15 is 0 Å². The fraction of sp³-hybridized carbons (Fsp3) is 0.471. The Labute approximate surface area is 125 Å². The SMILES string of the molecule is CCN1CCN(C(=O)Cc2c[nH]c3ccccc23)CC1C. The number of benzene rings is 1. The molecule has 1 fully saturated rings. The molecule has 0 spiro atoms. The van der Waals surface area contributed by atoms with Crippen molar-refractivity contribution in [1.29, 1.82) is 0 Å². The molecule has 1 atom stereocenters. The molecule has 1 N–H and O–H groups in total. The Morgan fingerprint density at radius 2 is 2.14 bits per heavy atom. The van der Waals surface area contributed by atoms with Gasteiger partial charge in [0, 0.05) is 42.8 Å². The van der Waals surface area contributed by atoms with E-state index in [1.54, 1.807) is 0 Å². The average Bonchev–Trinajstić information content (AvgIpc) is 2.90. The Bertz CT molecular complexity index is 634. The highest BCUT2D eigenvalue weighted by Gasteiger charge is 2.25. The minimum Gasteiger partial charge on any atom is -0.361 e. The van der Waals surface area contributed by atoms with Crippen molar-refractivity contribution < 1.29 is 4.79 Å². The van der Waals surface area contributed by atoms with Gasteiger partial charge in [0.25, 0.3) is 0 Å². The van der Waals surface area contributed by atoms with E-state index in [2.05, 4.69) is 29.8 Å². The van der Waals surface area contributed by atoms with Crippen LogP contribution in [0.4, 0.5) is 0 Å². The Morgan fingerprint density at radius 3 is 2.90 bits per heavy atom. The number of H-pyrrole nitrogens is 1. The Hall–Kier alpha value is -1.81. The smallest absolute Gasteiger partial charge is 0.227 e. The molecule has 1 saturated heterocycles. The molecule has 112 valence electrons. The van der Waals surface area contributed by atoms with E-state index < -0.39 is 0 Å². The predicted octanol–water partition coefficient (Wildman–Crippen LogP) is 2.26. The maximum atomic E-state index is 12.5. The van der Waals surface area contributed by atoms with Crippen LogP contribution in [0.25, 0.3) is 10.9 Å². The number of carbonyl (C=O) groups excluding carboxylic acids is 1. The molecule has 1 aliphatic heterocycles. The summed E-state index contributed by atoms with van der Waals surface area (Å²) < 4.78 is 0. The number of fused-ring (bicyclic) bond motifs is 1. The number of amides is 1. The van der Waals surface area contributed by atoms with Crippen LogP contribution in [0, 0.1) is 0 Å². The minimum absolute atomic E-state index is 0.238. The largest absolute Gasteiger partial charge is 0.361 e. The number of hydrogen-bond acceptors (Lipinski definition) is 2. The van der Waals surface area contributed by atoms with Gasteiger partial charge >= 0.3 is 0 Å². The van der Waals surface area contributed by atoms with Crippen molar-refractivity contribution in [3.8, 4) is 0 Å². The van der Waals surface area contributed by atoms with Crippen molar-refractivity contribution in [2.75, 3.05) is 26.2 Å². The second kappa shape index (κ2) is 5.90. The number of carbonyl (C=O) groups is 1. The van der Waals surface area contributed by atoms with Crippen LogP contribution < -0.4 is 0 Å². The summed E-state index contributed by atoms with van der Waals surface area (Å²) in [5.41, 5.74) is 2.20. The summed E-state index contributed by atoms with van der Waals surface area (Å²) in [5.74, 6) is 0.238. The van der Waals surface area contributed by atoms with Crippen LogP contribution in [0.1, 0.15) is 19.4 Å². The van der Waals surface area contributed by atoms with E-state index in [0.29, 0.717) is 12.5 Å². The number of likely N-dealkylation sites (N-methyl/N-ethyl adjacent to an activating group) is 1. The maximum Gasteiger partial charge on any atom is 0.227 e. The standard InChI is InChI=1S/C17H23N3O/c1-3-19-8-9-20(12-13(19)2)17(21)10-14-11-18-16-7-5-4-6-15(14)16/h4-7,11,13,18H,3,8-10,12H2,1-2H3. The van der Waals surface area contributed by atoms with E-state index in [1.807, 2.05) is 29.3 Å². The lowest BCUT2D eigenvalue weighted by atomic mass is 10.1. The molecule has 1 amide bonds. The molecule has 4 heteroatoms. The lowest BCUT2D eigenvalue weighted by Crippen LogP contribution is -2.53. The van der Waals surface area contributed by atoms with Crippen molar-refractivity contribution >= 4 is 16.8 Å². The zero-order valence-corrected chi connectivity index (χ0v) is 12.8. The number of para-hydroxylation sites is 1. The molecule has 0 aliphatic carbocycles. The molecule has 1 aromatic carbocycles. The first-order valence-corrected chi connectivity index (χ1v) is 7.76. The molecule has 1 aromatic heterocycles. The van der Waals surface area contributed by atoms with Crippen LogP contribution in [0.2, 0.25) is 0 Å². The summed E-state index contributed by atoms with van der Waals surface area (Å²) in [4.78, 5) is 20.2. The average molecular weight is 285 g/mol. The Morgan fingerprint density at radius 1 is 1.33 bits per heavy atom. The fourth-order valence-electron chi connectivity index (χ4n) is 3.24. The van der Waals surface area contributed by atoms with Gasteiger partial charge in [0.15, 0.2) is 0 Å². The van der Waals surface area contributed by atoms with Crippen LogP contribution in [0.5, 0.6) is 0 Å². The summed E-state index contributed by atoms with van der Waals surface area (Å²) in [6.07, 6.45) is 2.46. The lowest BCUT2D eigenvalue weighted by molar-refractivity contribution is -0.133. The van der Waals surface area contributed by atoms with E-state index in [1.165, 1.54) is 0 Å². The number of nitrogens with zero attached hydrogens (tertiary/aromatic N) is 2. The molecule has 2 aromatic rings. The first-order valence-electron chi connectivity index (χ1n) is 7.76. The van der Waals surface area contributed by atoms with Crippen molar-refractivity contribution in [3.63, 3.8) is 0 Å². The van der Waals surface area contributed by atoms with Crippen LogP contribution in [0.15, 0.2) is 30.5 Å². The van der Waals surface area contributed by atoms with Gasteiger partial charge in [0.1, 0.15) is 0 Å². The number of nitrogens with one attached hydrogen (secondary N) is 1. The van der Waals surface area contributed by atoms with E-state index in [4.69, 9.17) is 0 Å². The van der Waals surface area contributed by atoms with Crippen molar-refractivity contribution in [1.82, 2.24) is 14.8 Å². The number of piperazine rings is 1. The molecule has 2 heterocycles. The van der Waals surface area contributed by atoms with Crippen LogP contribution in [-0.2, 0) is 11.2 Å². The molecular weight excluding hydrogens is 262 g/mol. The molecule has 1 unspecified atom stereocenters. The van der Waals surface area contributed by atoms with Gasteiger partial charge in [-0.25, -0.2) is 0 Å². The van der Waals surface area contributed by atoms with Crippen LogP contribution in [0.3, 0.4) is 0 Å². The Balaban J connectivity index is 1.69. The van der Waals surface area contributed by atoms with E-state index in [0.717, 1.165) is 42.6 Å². The first-order chi connectivity index (χ1) is 10.2. The van der Waals surface area contributed by atoms with Crippen LogP contribution >= 0.6 is 0 Å². The highest BCUT2D eigenvalue weighted by atomic mass is 16.2. The maximum absolute atomic E-state index is 12.5. The zero-order chi connectivity index (χ0) is 14.8. The predicted molar refractivity (Wildman–Crippen MR) is 85.3 cm³/mol. The van der Waals surface area contributed by atoms with Gasteiger partial charge in [0.2, 0.25) is 5.91 Å². The van der Waals surface area contributed by atoms with E-state index in [-0.39, 0.29) is 5.91 Å². The van der Waals surface area contributed by atoms with Gasteiger partial charge in [-0.15, -0.1) is 0 Å². The van der Waals surface area contributed by atoms with Crippen LogP contribution in [-0.4, -0.2) is 52.9 Å². The number of aromatic amines is 1. The topological polar surface area (TPSA) is 39.3 Å². The molecule has 21 heavy (non-hydrogen) atoms. The number of aromatic nitrogens is 1. The summed E-state index contributed by atoms with van der Waals surface area (Å²) in [7, 11) is 0. The third-order valence-corrected chi connectivity index (χ3v) is 4.54. The molecule has 0 bridgehead atoms. The molecule has 1 aliphatic rings. The lowest BCUT2D eigenvalue weighted by Gasteiger charge is -2.39. The quantitative estimate of drug-likeness (QED) is 0.939. The van der Waals surface area contributed by atoms with Gasteiger partial charge in [-0.1, -0.05) is 25.1 Å². The minimum atomic E-state index is 0.238. The van der Waals surface area contributed by atoms with Crippen molar-refractivity contribution in [2.24, 2.45) is 0 Å². The fourth-order valence-corrected chi connectivity index (χ4v) is 3.24. The molecule has 0 radical (unpaired) electrons. The van der Waals surface area contributed by atoms with Gasteiger partial charge in [-0.05, 0) is 25.1 Å². The second-order valence-corrected chi connectivity index (χ2v) is 5.85. The van der Waals surface area contributed by atoms with Gasteiger partial charge in [0.05, 0.1) is 6.42 Å². The normalized spacial score (nSPS) is 20.1. The summed E-state index contributed by atoms with van der Waals surface area (Å²) in [6, 6.07) is 8.61. The van der Waals surface area contributed by atoms with Crippen molar-refractivity contribution in [3.05, 3.63) is 36.0 Å². The highest BCUT2D eigenvalue weighted by Crippen LogP contribution is 2.19. The van der Waals surface area contributed by atoms with E-state index in [9.17, 15) is 4.79 Å². The molecular formula is C17H23N3O. The molecule has 0 saturated carbocycles. The zero-order valence-electron chi connectivity index (χ0n) is 12.8. The number of hydrogen-bond donors (Lipinski definition) is 1. The van der Waals surface area contributed by atoms with Gasteiger partial charge in [-0.2, -0.15) is 0 Å². The van der Waals surface area contributed by atoms with Crippen molar-refractivity contribution in [2.45, 2.75) is 26.3 Å². The summed E-state index contributed by atoms with van der Waals surface area (Å²) in [6.45, 7) is 8.12. The van der Waals surface area contributed by atoms with Gasteiger partial charge < -0.3 is 9.88 Å². The second-order valence-electron chi connectivity index (χ2n) is 5.85. The summed E-state index contributed by atoms with van der Waals surface area (Å²) in [5, 5.41) is 1.16. The third kappa shape index (κ3) is 2.81. The third-order valence-electron chi connectivity index (χ3n) is 4.54. The monoisotopic (exact) mass is 285 g/mol. The molecule has 3 rings (SSSR count). The number of rotatable bonds is 3. The molecule has 4 nitrogen and oxygen atoms in total. The Kier molecular flexibility index (Phi) is 3.97.